The first-order chi connectivity index (χ1) is 5.63. The van der Waals surface area contributed by atoms with E-state index in [0.717, 1.165) is 12.2 Å². The Kier molecular flexibility index (Phi) is 2.49. The molecule has 64 valence electrons. The molecule has 1 rings (SSSR count). The number of nitriles is 1. The van der Waals surface area contributed by atoms with Crippen LogP contribution in [-0.4, -0.2) is 9.55 Å². The van der Waals surface area contributed by atoms with Gasteiger partial charge in [0.05, 0.1) is 0 Å². The maximum absolute atomic E-state index is 8.58. The molecule has 0 radical (unpaired) electrons. The van der Waals surface area contributed by atoms with Crippen molar-refractivity contribution in [2.24, 2.45) is 13.0 Å². The minimum atomic E-state index is 0.508. The average molecular weight is 163 g/mol. The lowest BCUT2D eigenvalue weighted by Crippen LogP contribution is -2.01. The van der Waals surface area contributed by atoms with Crippen molar-refractivity contribution in [3.8, 4) is 6.07 Å². The van der Waals surface area contributed by atoms with Crippen LogP contribution in [0.5, 0.6) is 0 Å². The largest absolute Gasteiger partial charge is 0.337 e. The molecule has 0 aliphatic carbocycles. The monoisotopic (exact) mass is 163 g/mol. The lowest BCUT2D eigenvalue weighted by Gasteiger charge is -2.02. The maximum Gasteiger partial charge on any atom is 0.158 e. The lowest BCUT2D eigenvalue weighted by molar-refractivity contribution is 0.602. The number of imidazole rings is 1. The molecule has 0 saturated heterocycles. The second-order valence-electron chi connectivity index (χ2n) is 3.36. The fourth-order valence-corrected chi connectivity index (χ4v) is 1.11. The molecule has 12 heavy (non-hydrogen) atoms. The van der Waals surface area contributed by atoms with Crippen molar-refractivity contribution in [2.45, 2.75) is 20.3 Å². The Bertz CT molecular complexity index is 304. The number of nitrogens with zero attached hydrogens (tertiary/aromatic N) is 3. The fourth-order valence-electron chi connectivity index (χ4n) is 1.11. The summed E-state index contributed by atoms with van der Waals surface area (Å²) in [7, 11) is 1.92. The molecule has 1 aromatic rings. The molecule has 0 N–H and O–H groups in total. The predicted molar refractivity (Wildman–Crippen MR) is 46.5 cm³/mol. The lowest BCUT2D eigenvalue weighted by atomic mass is 10.1. The third-order valence-corrected chi connectivity index (χ3v) is 1.68. The van der Waals surface area contributed by atoms with Crippen LogP contribution in [0.3, 0.4) is 0 Å². The second kappa shape index (κ2) is 3.40. The van der Waals surface area contributed by atoms with E-state index in [9.17, 15) is 0 Å². The van der Waals surface area contributed by atoms with Gasteiger partial charge in [0.25, 0.3) is 0 Å². The zero-order chi connectivity index (χ0) is 9.14. The molecule has 0 fully saturated rings. The van der Waals surface area contributed by atoms with Crippen molar-refractivity contribution in [3.05, 3.63) is 17.7 Å². The number of rotatable bonds is 2. The molecule has 0 aromatic carbocycles. The molecule has 0 amide bonds. The van der Waals surface area contributed by atoms with E-state index in [0.29, 0.717) is 11.6 Å². The molecular weight excluding hydrogens is 150 g/mol. The van der Waals surface area contributed by atoms with Crippen LogP contribution in [0.1, 0.15) is 25.4 Å². The van der Waals surface area contributed by atoms with Crippen LogP contribution in [0.15, 0.2) is 6.20 Å². The predicted octanol–water partition coefficient (Wildman–Crippen LogP) is 1.49. The fraction of sp³-hybridized carbons (Fsp3) is 0.556. The van der Waals surface area contributed by atoms with E-state index in [-0.39, 0.29) is 0 Å². The summed E-state index contributed by atoms with van der Waals surface area (Å²) in [6.07, 6.45) is 2.69. The van der Waals surface area contributed by atoms with E-state index < -0.39 is 0 Å². The maximum atomic E-state index is 8.58. The molecule has 0 bridgehead atoms. The van der Waals surface area contributed by atoms with Gasteiger partial charge in [-0.1, -0.05) is 13.8 Å². The third-order valence-electron chi connectivity index (χ3n) is 1.68. The first-order valence-corrected chi connectivity index (χ1v) is 4.06. The Morgan fingerprint density at radius 2 is 2.33 bits per heavy atom. The van der Waals surface area contributed by atoms with Crippen molar-refractivity contribution in [1.29, 1.82) is 5.26 Å². The topological polar surface area (TPSA) is 41.6 Å². The molecule has 1 heterocycles. The van der Waals surface area contributed by atoms with Gasteiger partial charge in [0.15, 0.2) is 5.69 Å². The standard InChI is InChI=1S/C9H13N3/c1-7(2)4-9-11-8(5-10)6-12(9)3/h6-7H,4H2,1-3H3. The van der Waals surface area contributed by atoms with Crippen LogP contribution in [0, 0.1) is 17.2 Å². The highest BCUT2D eigenvalue weighted by molar-refractivity contribution is 5.18. The highest BCUT2D eigenvalue weighted by Gasteiger charge is 2.05. The summed E-state index contributed by atoms with van der Waals surface area (Å²) < 4.78 is 1.92. The summed E-state index contributed by atoms with van der Waals surface area (Å²) in [4.78, 5) is 4.17. The van der Waals surface area contributed by atoms with Gasteiger partial charge in [0.2, 0.25) is 0 Å². The second-order valence-corrected chi connectivity index (χ2v) is 3.36. The van der Waals surface area contributed by atoms with E-state index in [2.05, 4.69) is 18.8 Å². The van der Waals surface area contributed by atoms with Gasteiger partial charge >= 0.3 is 0 Å². The number of aryl methyl sites for hydroxylation is 1. The van der Waals surface area contributed by atoms with Gasteiger partial charge in [-0.3, -0.25) is 0 Å². The summed E-state index contributed by atoms with van der Waals surface area (Å²) in [6.45, 7) is 4.28. The van der Waals surface area contributed by atoms with Crippen molar-refractivity contribution in [2.75, 3.05) is 0 Å². The van der Waals surface area contributed by atoms with Crippen LogP contribution >= 0.6 is 0 Å². The molecule has 0 saturated carbocycles. The first kappa shape index (κ1) is 8.79. The molecule has 0 unspecified atom stereocenters. The number of hydrogen-bond acceptors (Lipinski definition) is 2. The Hall–Kier alpha value is -1.30. The molecule has 0 atom stereocenters. The van der Waals surface area contributed by atoms with Gasteiger partial charge < -0.3 is 4.57 Å². The SMILES string of the molecule is CC(C)Cc1nc(C#N)cn1C. The van der Waals surface area contributed by atoms with Crippen LogP contribution in [0.4, 0.5) is 0 Å². The average Bonchev–Trinajstić information content (AvgIpc) is 2.31. The Balaban J connectivity index is 2.86. The van der Waals surface area contributed by atoms with E-state index in [4.69, 9.17) is 5.26 Å². The first-order valence-electron chi connectivity index (χ1n) is 4.06. The molecule has 0 aliphatic rings. The molecular formula is C9H13N3. The van der Waals surface area contributed by atoms with Gasteiger partial charge in [0.1, 0.15) is 11.9 Å². The van der Waals surface area contributed by atoms with Crippen LogP contribution < -0.4 is 0 Å². The Morgan fingerprint density at radius 1 is 1.67 bits per heavy atom. The summed E-state index contributed by atoms with van der Waals surface area (Å²) in [6, 6.07) is 2.03. The molecule has 3 heteroatoms. The van der Waals surface area contributed by atoms with Gasteiger partial charge in [-0.2, -0.15) is 5.26 Å². The van der Waals surface area contributed by atoms with Crippen LogP contribution in [0.25, 0.3) is 0 Å². The summed E-state index contributed by atoms with van der Waals surface area (Å²) in [5.74, 6) is 1.57. The van der Waals surface area contributed by atoms with Crippen LogP contribution in [0.2, 0.25) is 0 Å². The third kappa shape index (κ3) is 1.85. The van der Waals surface area contributed by atoms with E-state index >= 15 is 0 Å². The minimum absolute atomic E-state index is 0.508. The number of hydrogen-bond donors (Lipinski definition) is 0. The van der Waals surface area contributed by atoms with Crippen molar-refractivity contribution in [1.82, 2.24) is 9.55 Å². The van der Waals surface area contributed by atoms with Crippen molar-refractivity contribution < 1.29 is 0 Å². The van der Waals surface area contributed by atoms with Gasteiger partial charge in [-0.25, -0.2) is 4.98 Å². The highest BCUT2D eigenvalue weighted by atomic mass is 15.0. The number of aromatic nitrogens is 2. The molecule has 3 nitrogen and oxygen atoms in total. The smallest absolute Gasteiger partial charge is 0.158 e. The van der Waals surface area contributed by atoms with Crippen molar-refractivity contribution >= 4 is 0 Å². The summed E-state index contributed by atoms with van der Waals surface area (Å²) in [5.41, 5.74) is 0.508. The quantitative estimate of drug-likeness (QED) is 0.662. The van der Waals surface area contributed by atoms with Crippen molar-refractivity contribution in [3.63, 3.8) is 0 Å². The molecule has 1 aromatic heterocycles. The zero-order valence-corrected chi connectivity index (χ0v) is 7.70. The molecule has 0 spiro atoms. The van der Waals surface area contributed by atoms with E-state index in [1.165, 1.54) is 0 Å². The van der Waals surface area contributed by atoms with Gasteiger partial charge in [0, 0.05) is 19.7 Å². The minimum Gasteiger partial charge on any atom is -0.337 e. The normalized spacial score (nSPS) is 10.2. The Morgan fingerprint density at radius 3 is 2.75 bits per heavy atom. The highest BCUT2D eigenvalue weighted by Crippen LogP contribution is 2.06. The summed E-state index contributed by atoms with van der Waals surface area (Å²) in [5, 5.41) is 8.58. The van der Waals surface area contributed by atoms with Gasteiger partial charge in [-0.15, -0.1) is 0 Å². The van der Waals surface area contributed by atoms with E-state index in [1.54, 1.807) is 6.20 Å². The van der Waals surface area contributed by atoms with Gasteiger partial charge in [-0.05, 0) is 5.92 Å². The van der Waals surface area contributed by atoms with E-state index in [1.807, 2.05) is 17.7 Å². The zero-order valence-electron chi connectivity index (χ0n) is 7.70. The van der Waals surface area contributed by atoms with Crippen LogP contribution in [-0.2, 0) is 13.5 Å². The molecule has 0 aliphatic heterocycles. The summed E-state index contributed by atoms with van der Waals surface area (Å²) >= 11 is 0. The Labute approximate surface area is 72.7 Å².